The van der Waals surface area contributed by atoms with Crippen molar-refractivity contribution in [2.75, 3.05) is 39.9 Å². The summed E-state index contributed by atoms with van der Waals surface area (Å²) in [6, 6.07) is 10.8. The molecule has 4 rings (SSSR count). The SMILES string of the molecule is COc1cc(F)c2nccc(C(O)CN3CCC(NCCOc4ccccn4)CC3)c2c1. The van der Waals surface area contributed by atoms with Crippen molar-refractivity contribution < 1.29 is 19.0 Å². The van der Waals surface area contributed by atoms with Gasteiger partial charge >= 0.3 is 0 Å². The Morgan fingerprint density at radius 2 is 2.03 bits per heavy atom. The van der Waals surface area contributed by atoms with Crippen LogP contribution in [0, 0.1) is 5.82 Å². The van der Waals surface area contributed by atoms with Crippen LogP contribution in [0.1, 0.15) is 24.5 Å². The first kappa shape index (κ1) is 22.4. The zero-order chi connectivity index (χ0) is 22.3. The van der Waals surface area contributed by atoms with E-state index >= 15 is 0 Å². The molecule has 32 heavy (non-hydrogen) atoms. The Kier molecular flexibility index (Phi) is 7.47. The Labute approximate surface area is 187 Å². The van der Waals surface area contributed by atoms with Crippen LogP contribution < -0.4 is 14.8 Å². The number of β-amino-alcohol motifs (C(OH)–C–C–N with tert-alkyl or cyclic N) is 1. The summed E-state index contributed by atoms with van der Waals surface area (Å²) in [5.41, 5.74) is 0.915. The van der Waals surface area contributed by atoms with Crippen molar-refractivity contribution >= 4 is 10.9 Å². The molecule has 2 N–H and O–H groups in total. The number of hydrogen-bond donors (Lipinski definition) is 2. The van der Waals surface area contributed by atoms with E-state index in [1.54, 1.807) is 24.5 Å². The van der Waals surface area contributed by atoms with Gasteiger partial charge in [-0.2, -0.15) is 0 Å². The van der Waals surface area contributed by atoms with Crippen LogP contribution in [0.5, 0.6) is 11.6 Å². The standard InChI is InChI=1S/C24H29FN4O3/c1-31-18-14-20-19(5-9-28-24(20)21(25)15-18)22(30)16-29-11-6-17(7-12-29)26-10-13-32-23-4-2-3-8-27-23/h2-5,8-9,14-15,17,22,26,30H,6-7,10-13,16H2,1H3. The molecule has 1 aromatic carbocycles. The van der Waals surface area contributed by atoms with Crippen molar-refractivity contribution in [3.63, 3.8) is 0 Å². The minimum Gasteiger partial charge on any atom is -0.497 e. The van der Waals surface area contributed by atoms with Crippen molar-refractivity contribution in [3.8, 4) is 11.6 Å². The zero-order valence-corrected chi connectivity index (χ0v) is 18.2. The quantitative estimate of drug-likeness (QED) is 0.495. The number of halogens is 1. The number of fused-ring (bicyclic) bond motifs is 1. The van der Waals surface area contributed by atoms with Crippen molar-refractivity contribution in [1.82, 2.24) is 20.2 Å². The van der Waals surface area contributed by atoms with E-state index in [1.807, 2.05) is 18.2 Å². The molecule has 1 fully saturated rings. The fourth-order valence-corrected chi connectivity index (χ4v) is 4.13. The average Bonchev–Trinajstić information content (AvgIpc) is 2.83. The lowest BCUT2D eigenvalue weighted by atomic mass is 10.0. The van der Waals surface area contributed by atoms with Gasteiger partial charge in [0.15, 0.2) is 5.82 Å². The number of methoxy groups -OCH3 is 1. The number of pyridine rings is 2. The van der Waals surface area contributed by atoms with Crippen LogP contribution in [0.3, 0.4) is 0 Å². The summed E-state index contributed by atoms with van der Waals surface area (Å²) in [7, 11) is 1.50. The van der Waals surface area contributed by atoms with Gasteiger partial charge in [-0.15, -0.1) is 0 Å². The topological polar surface area (TPSA) is 79.7 Å². The molecule has 2 aromatic heterocycles. The Balaban J connectivity index is 1.27. The molecule has 0 aliphatic carbocycles. The predicted molar refractivity (Wildman–Crippen MR) is 120 cm³/mol. The third-order valence-corrected chi connectivity index (χ3v) is 5.84. The minimum atomic E-state index is -0.733. The fourth-order valence-electron chi connectivity index (χ4n) is 4.13. The number of hydrogen-bond acceptors (Lipinski definition) is 7. The molecule has 3 heterocycles. The van der Waals surface area contributed by atoms with Gasteiger partial charge < -0.3 is 24.8 Å². The van der Waals surface area contributed by atoms with Gasteiger partial charge in [0, 0.05) is 49.0 Å². The van der Waals surface area contributed by atoms with Crippen molar-refractivity contribution in [3.05, 3.63) is 60.2 Å². The molecule has 1 aliphatic rings. The molecular formula is C24H29FN4O3. The Bertz CT molecular complexity index is 1010. The van der Waals surface area contributed by atoms with E-state index in [2.05, 4.69) is 20.2 Å². The summed E-state index contributed by atoms with van der Waals surface area (Å²) < 4.78 is 25.2. The molecule has 7 nitrogen and oxygen atoms in total. The number of nitrogens with zero attached hydrogens (tertiary/aromatic N) is 3. The molecule has 170 valence electrons. The van der Waals surface area contributed by atoms with Crippen LogP contribution >= 0.6 is 0 Å². The van der Waals surface area contributed by atoms with Crippen molar-refractivity contribution in [1.29, 1.82) is 0 Å². The summed E-state index contributed by atoms with van der Waals surface area (Å²) >= 11 is 0. The van der Waals surface area contributed by atoms with Gasteiger partial charge in [0.1, 0.15) is 17.9 Å². The molecule has 0 spiro atoms. The highest BCUT2D eigenvalue weighted by molar-refractivity contribution is 5.84. The second-order valence-corrected chi connectivity index (χ2v) is 7.97. The van der Waals surface area contributed by atoms with E-state index in [4.69, 9.17) is 9.47 Å². The van der Waals surface area contributed by atoms with Crippen LogP contribution in [0.15, 0.2) is 48.8 Å². The van der Waals surface area contributed by atoms with Gasteiger partial charge in [-0.05, 0) is 49.7 Å². The molecule has 0 bridgehead atoms. The number of ether oxygens (including phenoxy) is 2. The smallest absolute Gasteiger partial charge is 0.213 e. The third-order valence-electron chi connectivity index (χ3n) is 5.84. The van der Waals surface area contributed by atoms with E-state index in [-0.39, 0.29) is 5.52 Å². The van der Waals surface area contributed by atoms with E-state index in [9.17, 15) is 9.50 Å². The number of aliphatic hydroxyl groups excluding tert-OH is 1. The minimum absolute atomic E-state index is 0.248. The number of benzene rings is 1. The number of aromatic nitrogens is 2. The molecule has 1 atom stereocenters. The molecule has 8 heteroatoms. The number of aliphatic hydroxyl groups is 1. The van der Waals surface area contributed by atoms with Gasteiger partial charge in [0.2, 0.25) is 5.88 Å². The van der Waals surface area contributed by atoms with E-state index in [0.717, 1.165) is 32.5 Å². The van der Waals surface area contributed by atoms with Crippen molar-refractivity contribution in [2.24, 2.45) is 0 Å². The normalized spacial score (nSPS) is 16.2. The largest absolute Gasteiger partial charge is 0.497 e. The fraction of sp³-hybridized carbons (Fsp3) is 0.417. The number of rotatable bonds is 9. The molecule has 1 aliphatic heterocycles. The van der Waals surface area contributed by atoms with Crippen LogP contribution in [0.25, 0.3) is 10.9 Å². The first-order valence-corrected chi connectivity index (χ1v) is 10.9. The van der Waals surface area contributed by atoms with Crippen molar-refractivity contribution in [2.45, 2.75) is 25.0 Å². The average molecular weight is 441 g/mol. The van der Waals surface area contributed by atoms with E-state index in [1.165, 1.54) is 13.2 Å². The molecule has 0 saturated carbocycles. The molecule has 1 saturated heterocycles. The lowest BCUT2D eigenvalue weighted by molar-refractivity contribution is 0.0945. The first-order valence-electron chi connectivity index (χ1n) is 10.9. The van der Waals surface area contributed by atoms with Gasteiger partial charge in [-0.25, -0.2) is 9.37 Å². The van der Waals surface area contributed by atoms with Crippen LogP contribution in [-0.2, 0) is 0 Å². The number of nitrogens with one attached hydrogen (secondary N) is 1. The predicted octanol–water partition coefficient (Wildman–Crippen LogP) is 2.94. The van der Waals surface area contributed by atoms with Gasteiger partial charge in [-0.1, -0.05) is 6.07 Å². The first-order chi connectivity index (χ1) is 15.6. The molecule has 0 amide bonds. The molecule has 0 radical (unpaired) electrons. The maximum absolute atomic E-state index is 14.3. The zero-order valence-electron chi connectivity index (χ0n) is 18.2. The molecular weight excluding hydrogens is 411 g/mol. The maximum Gasteiger partial charge on any atom is 0.213 e. The van der Waals surface area contributed by atoms with E-state index < -0.39 is 11.9 Å². The summed E-state index contributed by atoms with van der Waals surface area (Å²) in [6.07, 6.45) is 4.52. The summed E-state index contributed by atoms with van der Waals surface area (Å²) in [4.78, 5) is 10.5. The lowest BCUT2D eigenvalue weighted by Gasteiger charge is -2.33. The van der Waals surface area contributed by atoms with Gasteiger partial charge in [0.05, 0.1) is 13.2 Å². The summed E-state index contributed by atoms with van der Waals surface area (Å²) in [5.74, 6) is 0.599. The Morgan fingerprint density at radius 3 is 2.78 bits per heavy atom. The van der Waals surface area contributed by atoms with Gasteiger partial charge in [-0.3, -0.25) is 4.98 Å². The Hall–Kier alpha value is -2.81. The maximum atomic E-state index is 14.3. The van der Waals surface area contributed by atoms with Crippen LogP contribution in [0.4, 0.5) is 4.39 Å². The Morgan fingerprint density at radius 1 is 1.19 bits per heavy atom. The van der Waals surface area contributed by atoms with Gasteiger partial charge in [0.25, 0.3) is 0 Å². The highest BCUT2D eigenvalue weighted by atomic mass is 19.1. The molecule has 1 unspecified atom stereocenters. The highest BCUT2D eigenvalue weighted by Gasteiger charge is 2.23. The molecule has 3 aromatic rings. The summed E-state index contributed by atoms with van der Waals surface area (Å²) in [6.45, 7) is 3.60. The summed E-state index contributed by atoms with van der Waals surface area (Å²) in [5, 5.41) is 15.0. The van der Waals surface area contributed by atoms with Crippen LogP contribution in [-0.4, -0.2) is 65.9 Å². The van der Waals surface area contributed by atoms with Crippen LogP contribution in [0.2, 0.25) is 0 Å². The number of likely N-dealkylation sites (tertiary alicyclic amines) is 1. The number of piperidine rings is 1. The second-order valence-electron chi connectivity index (χ2n) is 7.97. The second kappa shape index (κ2) is 10.7. The monoisotopic (exact) mass is 440 g/mol. The third kappa shape index (κ3) is 5.51. The lowest BCUT2D eigenvalue weighted by Crippen LogP contribution is -2.44. The van der Waals surface area contributed by atoms with E-state index in [0.29, 0.717) is 41.8 Å². The highest BCUT2D eigenvalue weighted by Crippen LogP contribution is 2.29.